The van der Waals surface area contributed by atoms with Gasteiger partial charge in [0.15, 0.2) is 5.16 Å². The number of aromatic nitrogens is 2. The number of hydrogen-bond donors (Lipinski definition) is 3. The molecule has 6 heteroatoms. The molecule has 20 heavy (non-hydrogen) atoms. The van der Waals surface area contributed by atoms with Crippen LogP contribution in [0, 0.1) is 0 Å². The quantitative estimate of drug-likeness (QED) is 0.457. The summed E-state index contributed by atoms with van der Waals surface area (Å²) in [6.07, 6.45) is 2.91. The third-order valence-corrected chi connectivity index (χ3v) is 3.77. The number of thioether (sulfide) groups is 1. The molecule has 1 aliphatic rings. The van der Waals surface area contributed by atoms with E-state index >= 15 is 0 Å². The molecule has 0 spiro atoms. The lowest BCUT2D eigenvalue weighted by atomic mass is 10.1. The van der Waals surface area contributed by atoms with Crippen LogP contribution in [0.1, 0.15) is 11.3 Å². The summed E-state index contributed by atoms with van der Waals surface area (Å²) >= 11 is 1.55. The maximum atomic E-state index is 9.33. The second kappa shape index (κ2) is 5.68. The second-order valence-corrected chi connectivity index (χ2v) is 5.36. The lowest BCUT2D eigenvalue weighted by Crippen LogP contribution is -2.26. The number of anilines is 2. The fraction of sp³-hybridized carbons (Fsp3) is 0.286. The molecule has 2 heterocycles. The maximum Gasteiger partial charge on any atom is 0.189 e. The summed E-state index contributed by atoms with van der Waals surface area (Å²) in [5.41, 5.74) is 3.15. The molecule has 3 N–H and O–H groups in total. The van der Waals surface area contributed by atoms with Crippen LogP contribution in [0.2, 0.25) is 0 Å². The van der Waals surface area contributed by atoms with Gasteiger partial charge in [-0.25, -0.2) is 9.97 Å². The van der Waals surface area contributed by atoms with Crippen LogP contribution in [0.25, 0.3) is 0 Å². The molecule has 0 bridgehead atoms. The molecule has 1 aliphatic heterocycles. The van der Waals surface area contributed by atoms with Crippen LogP contribution < -0.4 is 10.6 Å². The zero-order valence-corrected chi connectivity index (χ0v) is 12.0. The van der Waals surface area contributed by atoms with Crippen LogP contribution >= 0.6 is 11.8 Å². The number of nitrogens with zero attached hydrogens (tertiary/aromatic N) is 2. The summed E-state index contributed by atoms with van der Waals surface area (Å²) in [7, 11) is 0. The topological polar surface area (TPSA) is 70.1 Å². The van der Waals surface area contributed by atoms with Gasteiger partial charge in [0.1, 0.15) is 11.6 Å². The van der Waals surface area contributed by atoms with Crippen LogP contribution in [0.15, 0.2) is 29.4 Å². The van der Waals surface area contributed by atoms with Gasteiger partial charge in [-0.2, -0.15) is 0 Å². The zero-order valence-electron chi connectivity index (χ0n) is 11.2. The van der Waals surface area contributed by atoms with Gasteiger partial charge >= 0.3 is 0 Å². The average molecular weight is 288 g/mol. The van der Waals surface area contributed by atoms with Crippen molar-refractivity contribution in [3.05, 3.63) is 35.5 Å². The fourth-order valence-electron chi connectivity index (χ4n) is 2.20. The monoisotopic (exact) mass is 288 g/mol. The van der Waals surface area contributed by atoms with Gasteiger partial charge in [-0.1, -0.05) is 11.8 Å². The maximum absolute atomic E-state index is 9.33. The summed E-state index contributed by atoms with van der Waals surface area (Å²) in [4.78, 5) is 9.14. The number of benzene rings is 1. The predicted octanol–water partition coefficient (Wildman–Crippen LogP) is 2.29. The van der Waals surface area contributed by atoms with Crippen molar-refractivity contribution >= 4 is 23.3 Å². The number of fused-ring (bicyclic) bond motifs is 1. The lowest BCUT2D eigenvalue weighted by molar-refractivity contribution is 0.475. The van der Waals surface area contributed by atoms with E-state index in [-0.39, 0.29) is 5.75 Å². The van der Waals surface area contributed by atoms with E-state index in [1.807, 2.05) is 18.4 Å². The Labute approximate surface area is 121 Å². The van der Waals surface area contributed by atoms with Crippen molar-refractivity contribution in [2.24, 2.45) is 0 Å². The first-order valence-electron chi connectivity index (χ1n) is 6.47. The summed E-state index contributed by atoms with van der Waals surface area (Å²) in [5, 5.41) is 16.8. The largest absolute Gasteiger partial charge is 0.508 e. The predicted molar refractivity (Wildman–Crippen MR) is 80.6 cm³/mol. The van der Waals surface area contributed by atoms with Gasteiger partial charge in [0.25, 0.3) is 0 Å². The molecule has 0 aliphatic carbocycles. The third kappa shape index (κ3) is 2.71. The standard InChI is InChI=1S/C14H16N4OS/c1-20-14-17-12-6-7-15-8-11(12)13(18-14)16-9-2-4-10(19)5-3-9/h2-5,15,19H,6-8H2,1H3,(H,16,17,18). The zero-order chi connectivity index (χ0) is 13.9. The lowest BCUT2D eigenvalue weighted by Gasteiger charge is -2.20. The molecule has 5 nitrogen and oxygen atoms in total. The van der Waals surface area contributed by atoms with Crippen molar-refractivity contribution in [3.63, 3.8) is 0 Å². The van der Waals surface area contributed by atoms with E-state index in [0.717, 1.165) is 47.4 Å². The minimum absolute atomic E-state index is 0.256. The number of phenols is 1. The number of aromatic hydroxyl groups is 1. The van der Waals surface area contributed by atoms with Gasteiger partial charge in [-0.05, 0) is 30.5 Å². The first-order chi connectivity index (χ1) is 9.76. The summed E-state index contributed by atoms with van der Waals surface area (Å²) in [5.74, 6) is 1.10. The Bertz CT molecular complexity index is 615. The normalized spacial score (nSPS) is 13.8. The van der Waals surface area contributed by atoms with Gasteiger partial charge in [0.05, 0.1) is 5.69 Å². The van der Waals surface area contributed by atoms with Gasteiger partial charge in [0.2, 0.25) is 0 Å². The highest BCUT2D eigenvalue weighted by Gasteiger charge is 2.17. The molecule has 2 aromatic rings. The molecule has 3 rings (SSSR count). The Kier molecular flexibility index (Phi) is 3.75. The van der Waals surface area contributed by atoms with Gasteiger partial charge in [-0.3, -0.25) is 0 Å². The van der Waals surface area contributed by atoms with E-state index in [4.69, 9.17) is 0 Å². The van der Waals surface area contributed by atoms with Gasteiger partial charge in [-0.15, -0.1) is 0 Å². The first kappa shape index (κ1) is 13.2. The summed E-state index contributed by atoms with van der Waals surface area (Å²) in [6, 6.07) is 6.98. The molecule has 0 radical (unpaired) electrons. The van der Waals surface area contributed by atoms with E-state index in [1.54, 1.807) is 23.9 Å². The van der Waals surface area contributed by atoms with E-state index in [0.29, 0.717) is 0 Å². The minimum Gasteiger partial charge on any atom is -0.508 e. The molecule has 0 amide bonds. The molecule has 0 saturated heterocycles. The van der Waals surface area contributed by atoms with E-state index in [2.05, 4.69) is 20.6 Å². The smallest absolute Gasteiger partial charge is 0.189 e. The highest BCUT2D eigenvalue weighted by atomic mass is 32.2. The molecule has 1 aromatic heterocycles. The number of rotatable bonds is 3. The van der Waals surface area contributed by atoms with Crippen LogP contribution in [-0.4, -0.2) is 27.9 Å². The van der Waals surface area contributed by atoms with E-state index in [9.17, 15) is 5.11 Å². The SMILES string of the molecule is CSc1nc2c(c(Nc3ccc(O)cc3)n1)CNCC2. The number of hydrogen-bond acceptors (Lipinski definition) is 6. The van der Waals surface area contributed by atoms with E-state index < -0.39 is 0 Å². The summed E-state index contributed by atoms with van der Waals surface area (Å²) in [6.45, 7) is 1.74. The van der Waals surface area contributed by atoms with Gasteiger partial charge < -0.3 is 15.7 Å². The van der Waals surface area contributed by atoms with Gasteiger partial charge in [0, 0.05) is 30.8 Å². The van der Waals surface area contributed by atoms with Crippen molar-refractivity contribution < 1.29 is 5.11 Å². The minimum atomic E-state index is 0.256. The Hall–Kier alpha value is -1.79. The van der Waals surface area contributed by atoms with Crippen LogP contribution in [0.4, 0.5) is 11.5 Å². The molecule has 0 unspecified atom stereocenters. The Morgan fingerprint density at radius 2 is 2.05 bits per heavy atom. The molecule has 0 fully saturated rings. The number of nitrogens with one attached hydrogen (secondary N) is 2. The van der Waals surface area contributed by atoms with Crippen LogP contribution in [0.3, 0.4) is 0 Å². The van der Waals surface area contributed by atoms with Crippen molar-refractivity contribution in [1.82, 2.24) is 15.3 Å². The summed E-state index contributed by atoms with van der Waals surface area (Å²) < 4.78 is 0. The fourth-order valence-corrected chi connectivity index (χ4v) is 2.58. The van der Waals surface area contributed by atoms with Crippen molar-refractivity contribution in [1.29, 1.82) is 0 Å². The third-order valence-electron chi connectivity index (χ3n) is 3.23. The molecule has 1 aromatic carbocycles. The van der Waals surface area contributed by atoms with E-state index in [1.165, 1.54) is 0 Å². The molecule has 0 saturated carbocycles. The molecule has 104 valence electrons. The second-order valence-electron chi connectivity index (χ2n) is 4.58. The average Bonchev–Trinajstić information content (AvgIpc) is 2.49. The van der Waals surface area contributed by atoms with Crippen LogP contribution in [0.5, 0.6) is 5.75 Å². The Morgan fingerprint density at radius 3 is 2.80 bits per heavy atom. The molecular formula is C14H16N4OS. The number of phenolic OH excluding ortho intramolecular Hbond substituents is 1. The van der Waals surface area contributed by atoms with Crippen molar-refractivity contribution in [3.8, 4) is 5.75 Å². The van der Waals surface area contributed by atoms with Crippen molar-refractivity contribution in [2.75, 3.05) is 18.1 Å². The Morgan fingerprint density at radius 1 is 1.25 bits per heavy atom. The highest BCUT2D eigenvalue weighted by molar-refractivity contribution is 7.98. The Balaban J connectivity index is 1.96. The highest BCUT2D eigenvalue weighted by Crippen LogP contribution is 2.26. The van der Waals surface area contributed by atoms with Crippen LogP contribution in [-0.2, 0) is 13.0 Å². The van der Waals surface area contributed by atoms with Crippen molar-refractivity contribution in [2.45, 2.75) is 18.1 Å². The molecular weight excluding hydrogens is 272 g/mol. The molecule has 0 atom stereocenters. The first-order valence-corrected chi connectivity index (χ1v) is 7.69.